The molecule has 2 amide bonds. The Balaban J connectivity index is 1.86. The summed E-state index contributed by atoms with van der Waals surface area (Å²) in [6.45, 7) is 3.30. The van der Waals surface area contributed by atoms with Gasteiger partial charge in [-0.3, -0.25) is 9.59 Å². The molecular weight excluding hydrogens is 332 g/mol. The summed E-state index contributed by atoms with van der Waals surface area (Å²) < 4.78 is 5.17. The van der Waals surface area contributed by atoms with Crippen molar-refractivity contribution in [3.63, 3.8) is 0 Å². The molecule has 0 saturated heterocycles. The van der Waals surface area contributed by atoms with Crippen molar-refractivity contribution in [1.82, 2.24) is 4.90 Å². The first kappa shape index (κ1) is 19.2. The fourth-order valence-electron chi connectivity index (χ4n) is 2.29. The fraction of sp³-hybridized carbons (Fsp3) is 0.250. The van der Waals surface area contributed by atoms with Gasteiger partial charge in [0.15, 0.2) is 6.10 Å². The molecule has 0 saturated carbocycles. The highest BCUT2D eigenvalue weighted by Crippen LogP contribution is 2.09. The van der Waals surface area contributed by atoms with Crippen LogP contribution in [0.1, 0.15) is 22.8 Å². The van der Waals surface area contributed by atoms with Crippen LogP contribution in [0.3, 0.4) is 0 Å². The summed E-state index contributed by atoms with van der Waals surface area (Å²) in [7, 11) is 1.49. The van der Waals surface area contributed by atoms with Crippen molar-refractivity contribution in [2.24, 2.45) is 0 Å². The molecule has 2 aromatic rings. The summed E-state index contributed by atoms with van der Waals surface area (Å²) in [6.07, 6.45) is -0.986. The summed E-state index contributed by atoms with van der Waals surface area (Å²) in [5.74, 6) is -1.36. The predicted molar refractivity (Wildman–Crippen MR) is 98.8 cm³/mol. The van der Waals surface area contributed by atoms with Gasteiger partial charge in [0.1, 0.15) is 0 Å². The standard InChI is InChI=1S/C20H22N2O4/c1-14-9-11-17(12-10-14)21-18(23)13-22(3)19(24)15(2)26-20(25)16-7-5-4-6-8-16/h4-12,15H,13H2,1-3H3,(H,21,23)/t15-/m1/s1. The molecule has 0 fully saturated rings. The highest BCUT2D eigenvalue weighted by molar-refractivity contribution is 5.96. The Labute approximate surface area is 152 Å². The van der Waals surface area contributed by atoms with E-state index in [1.54, 1.807) is 42.5 Å². The van der Waals surface area contributed by atoms with E-state index >= 15 is 0 Å². The van der Waals surface area contributed by atoms with E-state index < -0.39 is 18.0 Å². The highest BCUT2D eigenvalue weighted by Gasteiger charge is 2.23. The molecule has 0 heterocycles. The first-order valence-electron chi connectivity index (χ1n) is 8.24. The van der Waals surface area contributed by atoms with Crippen molar-refractivity contribution in [3.05, 3.63) is 65.7 Å². The smallest absolute Gasteiger partial charge is 0.338 e. The zero-order chi connectivity index (χ0) is 19.1. The first-order chi connectivity index (χ1) is 12.4. The second-order valence-electron chi connectivity index (χ2n) is 6.02. The van der Waals surface area contributed by atoms with Crippen molar-refractivity contribution in [2.75, 3.05) is 18.9 Å². The Kier molecular flexibility index (Phi) is 6.49. The minimum atomic E-state index is -0.986. The van der Waals surface area contributed by atoms with E-state index in [0.29, 0.717) is 11.3 Å². The van der Waals surface area contributed by atoms with E-state index in [9.17, 15) is 14.4 Å². The van der Waals surface area contributed by atoms with Crippen LogP contribution >= 0.6 is 0 Å². The number of benzene rings is 2. The molecule has 6 nitrogen and oxygen atoms in total. The Hall–Kier alpha value is -3.15. The fourth-order valence-corrected chi connectivity index (χ4v) is 2.29. The third-order valence-electron chi connectivity index (χ3n) is 3.73. The lowest BCUT2D eigenvalue weighted by Gasteiger charge is -2.21. The normalized spacial score (nSPS) is 11.3. The van der Waals surface area contributed by atoms with Crippen molar-refractivity contribution in [2.45, 2.75) is 20.0 Å². The number of nitrogens with one attached hydrogen (secondary N) is 1. The number of hydrogen-bond donors (Lipinski definition) is 1. The maximum Gasteiger partial charge on any atom is 0.338 e. The molecule has 0 unspecified atom stereocenters. The van der Waals surface area contributed by atoms with Gasteiger partial charge in [0.2, 0.25) is 5.91 Å². The van der Waals surface area contributed by atoms with Crippen LogP contribution in [-0.4, -0.2) is 42.4 Å². The maximum absolute atomic E-state index is 12.3. The summed E-state index contributed by atoms with van der Waals surface area (Å²) in [6, 6.07) is 15.8. The number of aryl methyl sites for hydroxylation is 1. The lowest BCUT2D eigenvalue weighted by molar-refractivity contribution is -0.140. The third-order valence-corrected chi connectivity index (χ3v) is 3.73. The summed E-state index contributed by atoms with van der Waals surface area (Å²) in [5, 5.41) is 2.72. The second-order valence-corrected chi connectivity index (χ2v) is 6.02. The lowest BCUT2D eigenvalue weighted by Crippen LogP contribution is -2.41. The van der Waals surface area contributed by atoms with Crippen molar-refractivity contribution >= 4 is 23.5 Å². The van der Waals surface area contributed by atoms with Crippen LogP contribution in [-0.2, 0) is 14.3 Å². The zero-order valence-corrected chi connectivity index (χ0v) is 15.1. The number of nitrogens with zero attached hydrogens (tertiary/aromatic N) is 1. The first-order valence-corrected chi connectivity index (χ1v) is 8.24. The van der Waals surface area contributed by atoms with Crippen LogP contribution in [0.4, 0.5) is 5.69 Å². The van der Waals surface area contributed by atoms with Crippen LogP contribution in [0, 0.1) is 6.92 Å². The molecule has 6 heteroatoms. The molecule has 136 valence electrons. The van der Waals surface area contributed by atoms with E-state index in [0.717, 1.165) is 5.56 Å². The zero-order valence-electron chi connectivity index (χ0n) is 15.1. The molecule has 2 aromatic carbocycles. The minimum absolute atomic E-state index is 0.139. The molecule has 0 aliphatic heterocycles. The minimum Gasteiger partial charge on any atom is -0.449 e. The Morgan fingerprint density at radius 3 is 2.27 bits per heavy atom. The van der Waals surface area contributed by atoms with Crippen molar-refractivity contribution in [1.29, 1.82) is 0 Å². The van der Waals surface area contributed by atoms with Gasteiger partial charge in [-0.25, -0.2) is 4.79 Å². The monoisotopic (exact) mass is 354 g/mol. The number of carbonyl (C=O) groups excluding carboxylic acids is 3. The SMILES string of the molecule is Cc1ccc(NC(=O)CN(C)C(=O)[C@@H](C)OC(=O)c2ccccc2)cc1. The Bertz CT molecular complexity index is 772. The molecule has 0 aliphatic rings. The molecule has 0 aromatic heterocycles. The van der Waals surface area contributed by atoms with E-state index in [-0.39, 0.29) is 12.5 Å². The Morgan fingerprint density at radius 2 is 1.65 bits per heavy atom. The van der Waals surface area contributed by atoms with Crippen molar-refractivity contribution in [3.8, 4) is 0 Å². The predicted octanol–water partition coefficient (Wildman–Crippen LogP) is 2.64. The highest BCUT2D eigenvalue weighted by atomic mass is 16.5. The van der Waals surface area contributed by atoms with Crippen LogP contribution < -0.4 is 5.32 Å². The number of esters is 1. The van der Waals surface area contributed by atoms with Gasteiger partial charge in [-0.15, -0.1) is 0 Å². The largest absolute Gasteiger partial charge is 0.449 e. The van der Waals surface area contributed by atoms with Crippen LogP contribution in [0.15, 0.2) is 54.6 Å². The van der Waals surface area contributed by atoms with E-state index in [2.05, 4.69) is 5.32 Å². The number of ether oxygens (including phenoxy) is 1. The number of anilines is 1. The number of amides is 2. The van der Waals surface area contributed by atoms with E-state index in [1.165, 1.54) is 18.9 Å². The number of hydrogen-bond acceptors (Lipinski definition) is 4. The van der Waals surface area contributed by atoms with Crippen molar-refractivity contribution < 1.29 is 19.1 Å². The van der Waals surface area contributed by atoms with Gasteiger partial charge < -0.3 is 15.0 Å². The van der Waals surface area contributed by atoms with Gasteiger partial charge in [0.25, 0.3) is 5.91 Å². The average molecular weight is 354 g/mol. The van der Waals surface area contributed by atoms with Gasteiger partial charge >= 0.3 is 5.97 Å². The van der Waals surface area contributed by atoms with E-state index in [1.807, 2.05) is 19.1 Å². The summed E-state index contributed by atoms with van der Waals surface area (Å²) in [4.78, 5) is 37.6. The quantitative estimate of drug-likeness (QED) is 0.809. The van der Waals surface area contributed by atoms with Crippen LogP contribution in [0.25, 0.3) is 0 Å². The number of carbonyl (C=O) groups is 3. The number of rotatable bonds is 6. The molecule has 0 spiro atoms. The summed E-state index contributed by atoms with van der Waals surface area (Å²) >= 11 is 0. The maximum atomic E-state index is 12.3. The van der Waals surface area contributed by atoms with Crippen LogP contribution in [0.2, 0.25) is 0 Å². The van der Waals surface area contributed by atoms with Crippen LogP contribution in [0.5, 0.6) is 0 Å². The molecule has 1 atom stereocenters. The van der Waals surface area contributed by atoms with Gasteiger partial charge in [0, 0.05) is 12.7 Å². The molecule has 26 heavy (non-hydrogen) atoms. The molecule has 1 N–H and O–H groups in total. The second kappa shape index (κ2) is 8.80. The molecule has 0 aliphatic carbocycles. The molecule has 2 rings (SSSR count). The van der Waals surface area contributed by atoms with Gasteiger partial charge in [0.05, 0.1) is 12.1 Å². The topological polar surface area (TPSA) is 75.7 Å². The summed E-state index contributed by atoms with van der Waals surface area (Å²) in [5.41, 5.74) is 2.11. The van der Waals surface area contributed by atoms with Gasteiger partial charge in [-0.05, 0) is 38.1 Å². The van der Waals surface area contributed by atoms with Gasteiger partial charge in [-0.1, -0.05) is 35.9 Å². The lowest BCUT2D eigenvalue weighted by atomic mass is 10.2. The van der Waals surface area contributed by atoms with E-state index in [4.69, 9.17) is 4.74 Å². The third kappa shape index (κ3) is 5.44. The molecule has 0 radical (unpaired) electrons. The van der Waals surface area contributed by atoms with Gasteiger partial charge in [-0.2, -0.15) is 0 Å². The number of likely N-dealkylation sites (N-methyl/N-ethyl adjacent to an activating group) is 1. The Morgan fingerprint density at radius 1 is 1.04 bits per heavy atom. The molecule has 0 bridgehead atoms. The molecular formula is C20H22N2O4. The average Bonchev–Trinajstić information content (AvgIpc) is 2.63.